The van der Waals surface area contributed by atoms with Crippen LogP contribution in [0, 0.1) is 11.8 Å². The molecule has 0 aromatic carbocycles. The number of carbonyl (C=O) groups excluding carboxylic acids is 2. The highest BCUT2D eigenvalue weighted by atomic mass is 16.5. The van der Waals surface area contributed by atoms with Crippen molar-refractivity contribution in [3.05, 3.63) is 12.2 Å². The fourth-order valence-electron chi connectivity index (χ4n) is 3.53. The highest BCUT2D eigenvalue weighted by Crippen LogP contribution is 2.52. The van der Waals surface area contributed by atoms with Crippen molar-refractivity contribution in [2.75, 3.05) is 13.7 Å². The molecule has 0 saturated carbocycles. The fraction of sp³-hybridized carbons (Fsp3) is 0.714. The van der Waals surface area contributed by atoms with Gasteiger partial charge in [-0.2, -0.15) is 0 Å². The smallest absolute Gasteiger partial charge is 0.312 e. The standard InChI is InChI=1S/C14H19NO4/c1-4-8(2)15-7-14-6-5-9(19-14)10(13(17)18-3)11(14)12(15)16/h5-6,8-11H,4,7H2,1-3H3/t8-,9-,10+,11-,14-/m1/s1. The van der Waals surface area contributed by atoms with Crippen LogP contribution in [0.5, 0.6) is 0 Å². The van der Waals surface area contributed by atoms with E-state index in [2.05, 4.69) is 6.92 Å². The Labute approximate surface area is 112 Å². The molecule has 2 saturated heterocycles. The summed E-state index contributed by atoms with van der Waals surface area (Å²) in [7, 11) is 1.36. The second-order valence-corrected chi connectivity index (χ2v) is 5.65. The Balaban J connectivity index is 1.95. The minimum atomic E-state index is -0.607. The molecule has 3 rings (SSSR count). The molecule has 5 atom stereocenters. The molecule has 0 aromatic rings. The van der Waals surface area contributed by atoms with Gasteiger partial charge in [0.15, 0.2) is 0 Å². The van der Waals surface area contributed by atoms with Gasteiger partial charge in [0.2, 0.25) is 5.91 Å². The summed E-state index contributed by atoms with van der Waals surface area (Å²) in [4.78, 5) is 26.4. The molecule has 0 N–H and O–H groups in total. The van der Waals surface area contributed by atoms with Gasteiger partial charge in [0, 0.05) is 6.04 Å². The molecule has 3 aliphatic rings. The molecule has 19 heavy (non-hydrogen) atoms. The number of ether oxygens (including phenoxy) is 2. The first kappa shape index (κ1) is 12.7. The van der Waals surface area contributed by atoms with Crippen LogP contribution in [0.25, 0.3) is 0 Å². The average Bonchev–Trinajstić information content (AvgIpc) is 3.05. The lowest BCUT2D eigenvalue weighted by molar-refractivity contribution is -0.151. The molecule has 3 heterocycles. The van der Waals surface area contributed by atoms with Crippen LogP contribution in [0.1, 0.15) is 20.3 Å². The maximum absolute atomic E-state index is 12.6. The first-order valence-corrected chi connectivity index (χ1v) is 6.79. The SMILES string of the molecule is CC[C@@H](C)N1C[C@@]23C=C[C@@H](O2)[C@H](C(=O)OC)[C@@H]3C1=O. The van der Waals surface area contributed by atoms with Crippen LogP contribution >= 0.6 is 0 Å². The van der Waals surface area contributed by atoms with E-state index >= 15 is 0 Å². The monoisotopic (exact) mass is 265 g/mol. The van der Waals surface area contributed by atoms with Gasteiger partial charge in [-0.05, 0) is 13.3 Å². The van der Waals surface area contributed by atoms with Gasteiger partial charge in [-0.15, -0.1) is 0 Å². The third kappa shape index (κ3) is 1.51. The van der Waals surface area contributed by atoms with Gasteiger partial charge in [0.1, 0.15) is 11.5 Å². The molecule has 104 valence electrons. The van der Waals surface area contributed by atoms with Crippen molar-refractivity contribution >= 4 is 11.9 Å². The topological polar surface area (TPSA) is 55.8 Å². The fourth-order valence-corrected chi connectivity index (χ4v) is 3.53. The van der Waals surface area contributed by atoms with Crippen LogP contribution in [-0.4, -0.2) is 48.2 Å². The van der Waals surface area contributed by atoms with Crippen LogP contribution in [0.4, 0.5) is 0 Å². The van der Waals surface area contributed by atoms with Gasteiger partial charge in [0.25, 0.3) is 0 Å². The number of amides is 1. The molecule has 0 aromatic heterocycles. The Morgan fingerprint density at radius 3 is 3.05 bits per heavy atom. The molecule has 3 aliphatic heterocycles. The van der Waals surface area contributed by atoms with Crippen molar-refractivity contribution in [2.24, 2.45) is 11.8 Å². The molecule has 1 amide bonds. The van der Waals surface area contributed by atoms with Crippen LogP contribution in [0.3, 0.4) is 0 Å². The van der Waals surface area contributed by atoms with Gasteiger partial charge >= 0.3 is 5.97 Å². The second-order valence-electron chi connectivity index (χ2n) is 5.65. The summed E-state index contributed by atoms with van der Waals surface area (Å²) < 4.78 is 10.8. The van der Waals surface area contributed by atoms with Gasteiger partial charge in [-0.1, -0.05) is 19.1 Å². The van der Waals surface area contributed by atoms with E-state index in [1.165, 1.54) is 7.11 Å². The average molecular weight is 265 g/mol. The number of methoxy groups -OCH3 is 1. The lowest BCUT2D eigenvalue weighted by atomic mass is 9.77. The molecule has 0 radical (unpaired) electrons. The van der Waals surface area contributed by atoms with Gasteiger partial charge in [-0.25, -0.2) is 0 Å². The van der Waals surface area contributed by atoms with Gasteiger partial charge in [0.05, 0.1) is 25.7 Å². The maximum atomic E-state index is 12.6. The quantitative estimate of drug-likeness (QED) is 0.558. The minimum absolute atomic E-state index is 0.0246. The number of rotatable bonds is 3. The molecule has 1 spiro atoms. The number of carbonyl (C=O) groups is 2. The van der Waals surface area contributed by atoms with Crippen LogP contribution in [0.15, 0.2) is 12.2 Å². The zero-order valence-corrected chi connectivity index (χ0v) is 11.5. The summed E-state index contributed by atoms with van der Waals surface area (Å²) in [6.07, 6.45) is 4.44. The summed E-state index contributed by atoms with van der Waals surface area (Å²) in [5.41, 5.74) is -0.607. The summed E-state index contributed by atoms with van der Waals surface area (Å²) in [6, 6.07) is 0.168. The minimum Gasteiger partial charge on any atom is -0.469 e. The van der Waals surface area contributed by atoms with E-state index in [4.69, 9.17) is 9.47 Å². The lowest BCUT2D eigenvalue weighted by Gasteiger charge is -2.26. The zero-order valence-electron chi connectivity index (χ0n) is 11.5. The molecule has 5 heteroatoms. The second kappa shape index (κ2) is 4.07. The molecular formula is C14H19NO4. The van der Waals surface area contributed by atoms with E-state index < -0.39 is 17.4 Å². The van der Waals surface area contributed by atoms with Crippen LogP contribution in [-0.2, 0) is 19.1 Å². The lowest BCUT2D eigenvalue weighted by Crippen LogP contribution is -2.40. The first-order valence-electron chi connectivity index (χ1n) is 6.79. The van der Waals surface area contributed by atoms with E-state index in [1.54, 1.807) is 0 Å². The van der Waals surface area contributed by atoms with Crippen molar-refractivity contribution in [1.29, 1.82) is 0 Å². The highest BCUT2D eigenvalue weighted by Gasteiger charge is 2.67. The third-order valence-electron chi connectivity index (χ3n) is 4.73. The first-order chi connectivity index (χ1) is 9.04. The van der Waals surface area contributed by atoms with Gasteiger partial charge in [-0.3, -0.25) is 9.59 Å². The van der Waals surface area contributed by atoms with Crippen molar-refractivity contribution < 1.29 is 19.1 Å². The number of nitrogens with zero attached hydrogens (tertiary/aromatic N) is 1. The summed E-state index contributed by atoms with van der Waals surface area (Å²) >= 11 is 0. The Bertz CT molecular complexity index is 460. The normalized spacial score (nSPS) is 40.7. The molecule has 0 aliphatic carbocycles. The maximum Gasteiger partial charge on any atom is 0.312 e. The van der Waals surface area contributed by atoms with Crippen molar-refractivity contribution in [3.8, 4) is 0 Å². The predicted octanol–water partition coefficient (Wildman–Crippen LogP) is 0.740. The predicted molar refractivity (Wildman–Crippen MR) is 67.2 cm³/mol. The van der Waals surface area contributed by atoms with Crippen LogP contribution in [0.2, 0.25) is 0 Å². The Morgan fingerprint density at radius 2 is 2.42 bits per heavy atom. The van der Waals surface area contributed by atoms with E-state index in [-0.39, 0.29) is 24.0 Å². The number of hydrogen-bond donors (Lipinski definition) is 0. The number of hydrogen-bond acceptors (Lipinski definition) is 4. The van der Waals surface area contributed by atoms with Crippen LogP contribution < -0.4 is 0 Å². The van der Waals surface area contributed by atoms with E-state index in [0.29, 0.717) is 6.54 Å². The number of esters is 1. The number of fused-ring (bicyclic) bond motifs is 1. The molecule has 2 fully saturated rings. The van der Waals surface area contributed by atoms with Gasteiger partial charge < -0.3 is 14.4 Å². The highest BCUT2D eigenvalue weighted by molar-refractivity contribution is 5.91. The third-order valence-corrected chi connectivity index (χ3v) is 4.73. The molecule has 0 unspecified atom stereocenters. The molecule has 2 bridgehead atoms. The molecular weight excluding hydrogens is 246 g/mol. The Kier molecular flexibility index (Phi) is 2.71. The number of likely N-dealkylation sites (tertiary alicyclic amines) is 1. The summed E-state index contributed by atoms with van der Waals surface area (Å²) in [5.74, 6) is -1.22. The zero-order chi connectivity index (χ0) is 13.8. The van der Waals surface area contributed by atoms with Crippen molar-refractivity contribution in [1.82, 2.24) is 4.90 Å². The summed E-state index contributed by atoms with van der Waals surface area (Å²) in [6.45, 7) is 4.63. The van der Waals surface area contributed by atoms with E-state index in [0.717, 1.165) is 6.42 Å². The summed E-state index contributed by atoms with van der Waals surface area (Å²) in [5, 5.41) is 0. The van der Waals surface area contributed by atoms with E-state index in [9.17, 15) is 9.59 Å². The molecule has 5 nitrogen and oxygen atoms in total. The Morgan fingerprint density at radius 1 is 1.68 bits per heavy atom. The largest absolute Gasteiger partial charge is 0.469 e. The van der Waals surface area contributed by atoms with Crippen molar-refractivity contribution in [2.45, 2.75) is 38.0 Å². The van der Waals surface area contributed by atoms with E-state index in [1.807, 2.05) is 24.0 Å². The Hall–Kier alpha value is -1.36. The van der Waals surface area contributed by atoms with Crippen molar-refractivity contribution in [3.63, 3.8) is 0 Å².